The standard InChI is InChI=1S/C12H17FN2/c1-8(9-3-4-9)15(2)12-6-5-10(14)7-11(12)13/h5-9H,3-4,14H2,1-2H3. The molecule has 1 aromatic carbocycles. The summed E-state index contributed by atoms with van der Waals surface area (Å²) in [6.07, 6.45) is 2.53. The van der Waals surface area contributed by atoms with Gasteiger partial charge in [-0.25, -0.2) is 4.39 Å². The van der Waals surface area contributed by atoms with Crippen molar-refractivity contribution < 1.29 is 4.39 Å². The Morgan fingerprint density at radius 1 is 1.47 bits per heavy atom. The number of rotatable bonds is 3. The van der Waals surface area contributed by atoms with E-state index < -0.39 is 0 Å². The van der Waals surface area contributed by atoms with Crippen molar-refractivity contribution in [2.45, 2.75) is 25.8 Å². The molecule has 1 aromatic rings. The molecule has 0 bridgehead atoms. The Morgan fingerprint density at radius 3 is 2.67 bits per heavy atom. The van der Waals surface area contributed by atoms with Crippen LogP contribution in [0.2, 0.25) is 0 Å². The quantitative estimate of drug-likeness (QED) is 0.774. The van der Waals surface area contributed by atoms with Gasteiger partial charge in [-0.2, -0.15) is 0 Å². The summed E-state index contributed by atoms with van der Waals surface area (Å²) in [4.78, 5) is 2.01. The van der Waals surface area contributed by atoms with E-state index in [0.29, 0.717) is 17.4 Å². The largest absolute Gasteiger partial charge is 0.399 e. The van der Waals surface area contributed by atoms with E-state index in [9.17, 15) is 4.39 Å². The molecule has 2 nitrogen and oxygen atoms in total. The first-order chi connectivity index (χ1) is 7.09. The molecule has 1 aliphatic rings. The molecular weight excluding hydrogens is 191 g/mol. The van der Waals surface area contributed by atoms with E-state index in [1.807, 2.05) is 11.9 Å². The normalized spacial score (nSPS) is 17.5. The van der Waals surface area contributed by atoms with E-state index in [2.05, 4.69) is 6.92 Å². The van der Waals surface area contributed by atoms with Crippen molar-refractivity contribution in [1.82, 2.24) is 0 Å². The predicted octanol–water partition coefficient (Wildman–Crippen LogP) is 2.64. The summed E-state index contributed by atoms with van der Waals surface area (Å²) in [5.74, 6) is 0.497. The Bertz CT molecular complexity index is 361. The highest BCUT2D eigenvalue weighted by molar-refractivity contribution is 5.54. The molecule has 0 amide bonds. The Labute approximate surface area is 89.9 Å². The van der Waals surface area contributed by atoms with Gasteiger partial charge in [0.1, 0.15) is 5.82 Å². The Hall–Kier alpha value is -1.25. The summed E-state index contributed by atoms with van der Waals surface area (Å²) < 4.78 is 13.6. The van der Waals surface area contributed by atoms with Crippen LogP contribution in [-0.4, -0.2) is 13.1 Å². The molecule has 1 aliphatic carbocycles. The lowest BCUT2D eigenvalue weighted by Gasteiger charge is -2.27. The van der Waals surface area contributed by atoms with Crippen molar-refractivity contribution in [3.63, 3.8) is 0 Å². The molecule has 1 unspecified atom stereocenters. The topological polar surface area (TPSA) is 29.3 Å². The molecule has 0 spiro atoms. The summed E-state index contributed by atoms with van der Waals surface area (Å²) in [5.41, 5.74) is 6.64. The average molecular weight is 208 g/mol. The molecule has 3 heteroatoms. The SMILES string of the molecule is CC(C1CC1)N(C)c1ccc(N)cc1F. The zero-order chi connectivity index (χ0) is 11.0. The molecule has 1 atom stereocenters. The highest BCUT2D eigenvalue weighted by Gasteiger charge is 2.31. The minimum Gasteiger partial charge on any atom is -0.399 e. The van der Waals surface area contributed by atoms with Gasteiger partial charge >= 0.3 is 0 Å². The first kappa shape index (κ1) is 10.3. The van der Waals surface area contributed by atoms with E-state index in [-0.39, 0.29) is 5.82 Å². The number of nitrogen functional groups attached to an aromatic ring is 1. The zero-order valence-electron chi connectivity index (χ0n) is 9.20. The van der Waals surface area contributed by atoms with Crippen LogP contribution in [0.15, 0.2) is 18.2 Å². The maximum absolute atomic E-state index is 13.6. The molecule has 0 saturated heterocycles. The van der Waals surface area contributed by atoms with Crippen LogP contribution in [0.3, 0.4) is 0 Å². The number of benzene rings is 1. The smallest absolute Gasteiger partial charge is 0.148 e. The number of nitrogens with two attached hydrogens (primary N) is 1. The van der Waals surface area contributed by atoms with E-state index in [4.69, 9.17) is 5.73 Å². The molecule has 1 saturated carbocycles. The van der Waals surface area contributed by atoms with Crippen molar-refractivity contribution in [3.8, 4) is 0 Å². The number of anilines is 2. The van der Waals surface area contributed by atoms with Gasteiger partial charge in [-0.1, -0.05) is 0 Å². The van der Waals surface area contributed by atoms with Gasteiger partial charge in [0, 0.05) is 18.8 Å². The third-order valence-corrected chi connectivity index (χ3v) is 3.27. The molecule has 0 aliphatic heterocycles. The van der Waals surface area contributed by atoms with Crippen molar-refractivity contribution in [3.05, 3.63) is 24.0 Å². The minimum absolute atomic E-state index is 0.231. The van der Waals surface area contributed by atoms with Crippen molar-refractivity contribution in [1.29, 1.82) is 0 Å². The van der Waals surface area contributed by atoms with E-state index >= 15 is 0 Å². The van der Waals surface area contributed by atoms with E-state index in [1.54, 1.807) is 12.1 Å². The molecule has 82 valence electrons. The molecule has 15 heavy (non-hydrogen) atoms. The molecule has 0 aromatic heterocycles. The van der Waals surface area contributed by atoms with Gasteiger partial charge < -0.3 is 10.6 Å². The first-order valence-electron chi connectivity index (χ1n) is 5.37. The highest BCUT2D eigenvalue weighted by Crippen LogP contribution is 2.36. The van der Waals surface area contributed by atoms with Crippen LogP contribution < -0.4 is 10.6 Å². The van der Waals surface area contributed by atoms with Crippen LogP contribution >= 0.6 is 0 Å². The summed E-state index contributed by atoms with van der Waals surface area (Å²) in [6, 6.07) is 5.28. The fourth-order valence-corrected chi connectivity index (χ4v) is 1.92. The van der Waals surface area contributed by atoms with E-state index in [0.717, 1.165) is 5.92 Å². The van der Waals surface area contributed by atoms with E-state index in [1.165, 1.54) is 18.9 Å². The number of halogens is 1. The lowest BCUT2D eigenvalue weighted by molar-refractivity contribution is 0.577. The summed E-state index contributed by atoms with van der Waals surface area (Å²) in [7, 11) is 1.94. The monoisotopic (exact) mass is 208 g/mol. The second-order valence-corrected chi connectivity index (χ2v) is 4.40. The highest BCUT2D eigenvalue weighted by atomic mass is 19.1. The molecule has 0 heterocycles. The fourth-order valence-electron chi connectivity index (χ4n) is 1.92. The van der Waals surface area contributed by atoms with Crippen LogP contribution in [0.25, 0.3) is 0 Å². The van der Waals surface area contributed by atoms with Crippen LogP contribution in [0.1, 0.15) is 19.8 Å². The Balaban J connectivity index is 2.20. The maximum Gasteiger partial charge on any atom is 0.148 e. The first-order valence-corrected chi connectivity index (χ1v) is 5.37. The van der Waals surface area contributed by atoms with Gasteiger partial charge in [-0.3, -0.25) is 0 Å². The lowest BCUT2D eigenvalue weighted by Crippen LogP contribution is -2.31. The maximum atomic E-state index is 13.6. The molecular formula is C12H17FN2. The van der Waals surface area contributed by atoms with Gasteiger partial charge in [-0.05, 0) is 43.9 Å². The molecule has 1 fully saturated rings. The predicted molar refractivity (Wildman–Crippen MR) is 61.4 cm³/mol. The number of hydrogen-bond donors (Lipinski definition) is 1. The fraction of sp³-hybridized carbons (Fsp3) is 0.500. The average Bonchev–Trinajstić information content (AvgIpc) is 2.99. The van der Waals surface area contributed by atoms with Gasteiger partial charge in [-0.15, -0.1) is 0 Å². The third-order valence-electron chi connectivity index (χ3n) is 3.27. The van der Waals surface area contributed by atoms with Crippen LogP contribution in [0.4, 0.5) is 15.8 Å². The third kappa shape index (κ3) is 2.06. The van der Waals surface area contributed by atoms with Crippen LogP contribution in [-0.2, 0) is 0 Å². The summed E-state index contributed by atoms with van der Waals surface area (Å²) in [6.45, 7) is 2.15. The van der Waals surface area contributed by atoms with Crippen molar-refractivity contribution >= 4 is 11.4 Å². The van der Waals surface area contributed by atoms with Gasteiger partial charge in [0.15, 0.2) is 0 Å². The number of nitrogens with zero attached hydrogens (tertiary/aromatic N) is 1. The van der Waals surface area contributed by atoms with Crippen molar-refractivity contribution in [2.75, 3.05) is 17.7 Å². The Morgan fingerprint density at radius 2 is 2.13 bits per heavy atom. The van der Waals surface area contributed by atoms with Gasteiger partial charge in [0.25, 0.3) is 0 Å². The van der Waals surface area contributed by atoms with Gasteiger partial charge in [0.05, 0.1) is 5.69 Å². The zero-order valence-corrected chi connectivity index (χ0v) is 9.20. The minimum atomic E-state index is -0.231. The van der Waals surface area contributed by atoms with Gasteiger partial charge in [0.2, 0.25) is 0 Å². The second kappa shape index (κ2) is 3.72. The lowest BCUT2D eigenvalue weighted by atomic mass is 10.1. The van der Waals surface area contributed by atoms with Crippen molar-refractivity contribution in [2.24, 2.45) is 5.92 Å². The second-order valence-electron chi connectivity index (χ2n) is 4.40. The number of hydrogen-bond acceptors (Lipinski definition) is 2. The molecule has 2 N–H and O–H groups in total. The van der Waals surface area contributed by atoms with Crippen LogP contribution in [0.5, 0.6) is 0 Å². The summed E-state index contributed by atoms with van der Waals surface area (Å²) in [5, 5.41) is 0. The molecule has 0 radical (unpaired) electrons. The molecule has 2 rings (SSSR count). The van der Waals surface area contributed by atoms with Crippen LogP contribution in [0, 0.1) is 11.7 Å². The Kier molecular flexibility index (Phi) is 2.55. The summed E-state index contributed by atoms with van der Waals surface area (Å²) >= 11 is 0.